The van der Waals surface area contributed by atoms with Gasteiger partial charge < -0.3 is 4.57 Å². The van der Waals surface area contributed by atoms with Gasteiger partial charge in [-0.3, -0.25) is 4.98 Å². The van der Waals surface area contributed by atoms with Gasteiger partial charge in [-0.25, -0.2) is 0 Å². The fraction of sp³-hybridized carbons (Fsp3) is 0. The van der Waals surface area contributed by atoms with E-state index in [4.69, 9.17) is 4.98 Å². The second kappa shape index (κ2) is 7.66. The molecule has 0 aliphatic heterocycles. The van der Waals surface area contributed by atoms with Gasteiger partial charge in [0.15, 0.2) is 0 Å². The van der Waals surface area contributed by atoms with Gasteiger partial charge in [-0.2, -0.15) is 0 Å². The average molecular weight is 495 g/mol. The van der Waals surface area contributed by atoms with Gasteiger partial charge in [0, 0.05) is 28.0 Å². The van der Waals surface area contributed by atoms with Crippen molar-refractivity contribution in [2.45, 2.75) is 0 Å². The number of hydrogen-bond donors (Lipinski definition) is 0. The van der Waals surface area contributed by atoms with Crippen LogP contribution in [0, 0.1) is 0 Å². The molecule has 0 unspecified atom stereocenters. The summed E-state index contributed by atoms with van der Waals surface area (Å²) >= 11 is 0. The molecule has 0 atom stereocenters. The number of nitrogens with zero attached hydrogens (tertiary/aromatic N) is 2. The molecule has 2 aromatic heterocycles. The Labute approximate surface area is 225 Å². The second-order valence-electron chi connectivity index (χ2n) is 10.4. The van der Waals surface area contributed by atoms with Crippen LogP contribution in [0.1, 0.15) is 0 Å². The molecule has 0 amide bonds. The Balaban J connectivity index is 1.36. The van der Waals surface area contributed by atoms with Crippen molar-refractivity contribution in [2.24, 2.45) is 0 Å². The molecule has 6 aromatic carbocycles. The van der Waals surface area contributed by atoms with Crippen LogP contribution in [-0.2, 0) is 0 Å². The summed E-state index contributed by atoms with van der Waals surface area (Å²) in [6.45, 7) is 0. The van der Waals surface area contributed by atoms with E-state index in [1.807, 2.05) is 12.3 Å². The number of fused-ring (bicyclic) bond motifs is 8. The molecule has 0 saturated carbocycles. The fourth-order valence-corrected chi connectivity index (χ4v) is 6.71. The van der Waals surface area contributed by atoms with Gasteiger partial charge in [-0.15, -0.1) is 0 Å². The Kier molecular flexibility index (Phi) is 4.08. The van der Waals surface area contributed by atoms with Crippen LogP contribution in [0.3, 0.4) is 0 Å². The molecule has 0 N–H and O–H groups in total. The summed E-state index contributed by atoms with van der Waals surface area (Å²) in [4.78, 5) is 4.84. The normalized spacial score (nSPS) is 12.1. The highest BCUT2D eigenvalue weighted by Gasteiger charge is 2.23. The maximum absolute atomic E-state index is 4.84. The molecular weight excluding hydrogens is 472 g/mol. The summed E-state index contributed by atoms with van der Waals surface area (Å²) in [5, 5.41) is 6.28. The lowest BCUT2D eigenvalue weighted by molar-refractivity contribution is 1.18. The predicted molar refractivity (Wildman–Crippen MR) is 163 cm³/mol. The highest BCUT2D eigenvalue weighted by atomic mass is 15.0. The van der Waals surface area contributed by atoms with Crippen molar-refractivity contribution < 1.29 is 0 Å². The Morgan fingerprint density at radius 3 is 2.13 bits per heavy atom. The topological polar surface area (TPSA) is 17.8 Å². The molecule has 2 heterocycles. The van der Waals surface area contributed by atoms with E-state index in [-0.39, 0.29) is 0 Å². The van der Waals surface area contributed by atoms with Gasteiger partial charge in [-0.05, 0) is 74.5 Å². The molecule has 2 heteroatoms. The van der Waals surface area contributed by atoms with Crippen LogP contribution in [0.2, 0.25) is 0 Å². The van der Waals surface area contributed by atoms with E-state index in [0.717, 1.165) is 22.1 Å². The highest BCUT2D eigenvalue weighted by molar-refractivity contribution is 6.21. The molecule has 1 aliphatic carbocycles. The number of rotatable bonds is 2. The number of hydrogen-bond acceptors (Lipinski definition) is 1. The van der Waals surface area contributed by atoms with E-state index >= 15 is 0 Å². The highest BCUT2D eigenvalue weighted by Crippen LogP contribution is 2.49. The first kappa shape index (κ1) is 20.8. The van der Waals surface area contributed by atoms with Crippen molar-refractivity contribution in [1.29, 1.82) is 0 Å². The number of benzene rings is 6. The standard InChI is InChI=1S/C37H22N2/c1-2-9-25(10-3-1)39-34-20-16-24(22-33(34)32-17-15-23-8-7-21-38-36(23)37(32)39)26-18-19-31-28-12-5-4-11-27(28)30-14-6-13-29(26)35(30)31/h1-22H. The minimum absolute atomic E-state index is 1.03. The number of pyridine rings is 1. The van der Waals surface area contributed by atoms with Crippen molar-refractivity contribution in [3.8, 4) is 39.1 Å². The van der Waals surface area contributed by atoms with Gasteiger partial charge in [-0.1, -0.05) is 97.1 Å². The van der Waals surface area contributed by atoms with Crippen LogP contribution in [0.5, 0.6) is 0 Å². The molecule has 39 heavy (non-hydrogen) atoms. The monoisotopic (exact) mass is 494 g/mol. The lowest BCUT2D eigenvalue weighted by Gasteiger charge is -2.11. The van der Waals surface area contributed by atoms with Crippen molar-refractivity contribution in [2.75, 3.05) is 0 Å². The molecule has 0 fully saturated rings. The SMILES string of the molecule is c1ccc(-n2c3ccc(-c4ccc5c6c(cccc46)-c4ccccc4-5)cc3c3ccc4cccnc4c32)cc1. The smallest absolute Gasteiger partial charge is 0.0948 e. The summed E-state index contributed by atoms with van der Waals surface area (Å²) in [7, 11) is 0. The summed E-state index contributed by atoms with van der Waals surface area (Å²) < 4.78 is 2.37. The molecule has 0 saturated heterocycles. The molecule has 0 spiro atoms. The maximum atomic E-state index is 4.84. The Morgan fingerprint density at radius 1 is 0.487 bits per heavy atom. The third kappa shape index (κ3) is 2.78. The molecule has 2 nitrogen and oxygen atoms in total. The van der Waals surface area contributed by atoms with Crippen LogP contribution in [-0.4, -0.2) is 9.55 Å². The second-order valence-corrected chi connectivity index (χ2v) is 10.4. The zero-order valence-electron chi connectivity index (χ0n) is 21.1. The first-order valence-corrected chi connectivity index (χ1v) is 13.4. The van der Waals surface area contributed by atoms with Gasteiger partial charge in [0.25, 0.3) is 0 Å². The number of aromatic nitrogens is 2. The Hall–Kier alpha value is -5.21. The van der Waals surface area contributed by atoms with Crippen LogP contribution in [0.25, 0.3) is 82.5 Å². The van der Waals surface area contributed by atoms with E-state index in [1.165, 1.54) is 60.4 Å². The van der Waals surface area contributed by atoms with E-state index in [0.29, 0.717) is 0 Å². The van der Waals surface area contributed by atoms with Crippen LogP contribution in [0.15, 0.2) is 134 Å². The van der Waals surface area contributed by atoms with E-state index in [2.05, 4.69) is 126 Å². The third-order valence-corrected chi connectivity index (χ3v) is 8.37. The van der Waals surface area contributed by atoms with Crippen LogP contribution < -0.4 is 0 Å². The Bertz CT molecular complexity index is 2240. The molecule has 9 rings (SSSR count). The fourth-order valence-electron chi connectivity index (χ4n) is 6.71. The molecule has 1 aliphatic rings. The first-order valence-electron chi connectivity index (χ1n) is 13.4. The zero-order valence-corrected chi connectivity index (χ0v) is 21.1. The lowest BCUT2D eigenvalue weighted by atomic mass is 9.93. The summed E-state index contributed by atoms with van der Waals surface area (Å²) in [5.41, 5.74) is 12.3. The average Bonchev–Trinajstić information content (AvgIpc) is 3.52. The van der Waals surface area contributed by atoms with Gasteiger partial charge in [0.1, 0.15) is 0 Å². The maximum Gasteiger partial charge on any atom is 0.0948 e. The zero-order chi connectivity index (χ0) is 25.5. The van der Waals surface area contributed by atoms with Crippen molar-refractivity contribution in [1.82, 2.24) is 9.55 Å². The van der Waals surface area contributed by atoms with Crippen LogP contribution in [0.4, 0.5) is 0 Å². The summed E-state index contributed by atoms with van der Waals surface area (Å²) in [5.74, 6) is 0. The molecular formula is C37H22N2. The van der Waals surface area contributed by atoms with Crippen LogP contribution >= 0.6 is 0 Å². The minimum atomic E-state index is 1.03. The van der Waals surface area contributed by atoms with Crippen molar-refractivity contribution in [3.05, 3.63) is 134 Å². The largest absolute Gasteiger partial charge is 0.307 e. The molecule has 180 valence electrons. The molecule has 0 bridgehead atoms. The van der Waals surface area contributed by atoms with E-state index < -0.39 is 0 Å². The number of para-hydroxylation sites is 1. The molecule has 8 aromatic rings. The van der Waals surface area contributed by atoms with E-state index in [1.54, 1.807) is 0 Å². The first-order chi connectivity index (χ1) is 19.4. The molecule has 0 radical (unpaired) electrons. The van der Waals surface area contributed by atoms with Gasteiger partial charge >= 0.3 is 0 Å². The quantitative estimate of drug-likeness (QED) is 0.234. The third-order valence-electron chi connectivity index (χ3n) is 8.37. The van der Waals surface area contributed by atoms with Crippen molar-refractivity contribution in [3.63, 3.8) is 0 Å². The van der Waals surface area contributed by atoms with E-state index in [9.17, 15) is 0 Å². The minimum Gasteiger partial charge on any atom is -0.307 e. The Morgan fingerprint density at radius 2 is 1.26 bits per heavy atom. The summed E-state index contributed by atoms with van der Waals surface area (Å²) in [6.07, 6.45) is 1.89. The predicted octanol–water partition coefficient (Wildman–Crippen LogP) is 9.80. The lowest BCUT2D eigenvalue weighted by Crippen LogP contribution is -1.94. The van der Waals surface area contributed by atoms with Crippen molar-refractivity contribution >= 4 is 43.5 Å². The summed E-state index contributed by atoms with van der Waals surface area (Å²) in [6, 6.07) is 46.3. The van der Waals surface area contributed by atoms with Gasteiger partial charge in [0.05, 0.1) is 16.6 Å². The van der Waals surface area contributed by atoms with Gasteiger partial charge in [0.2, 0.25) is 0 Å².